The Kier molecular flexibility index (Phi) is 8.24. The molecule has 0 radical (unpaired) electrons. The normalized spacial score (nSPS) is 12.0. The van der Waals surface area contributed by atoms with Crippen molar-refractivity contribution < 1.29 is 22.2 Å². The van der Waals surface area contributed by atoms with Gasteiger partial charge >= 0.3 is 17.1 Å². The zero-order valence-corrected chi connectivity index (χ0v) is 13.7. The monoisotopic (exact) mass is 350 g/mol. The largest absolute Gasteiger partial charge is 2.00 e. The minimum atomic E-state index is 0. The van der Waals surface area contributed by atoms with Crippen LogP contribution in [0.15, 0.2) is 96.3 Å². The van der Waals surface area contributed by atoms with Crippen LogP contribution in [0.3, 0.4) is 0 Å². The number of halogens is 1. The van der Waals surface area contributed by atoms with Crippen LogP contribution in [-0.4, -0.2) is 0 Å². The van der Waals surface area contributed by atoms with E-state index < -0.39 is 0 Å². The van der Waals surface area contributed by atoms with Crippen molar-refractivity contribution in [3.63, 3.8) is 0 Å². The van der Waals surface area contributed by atoms with Crippen LogP contribution in [0.4, 0.5) is 0 Å². The molecule has 0 spiro atoms. The van der Waals surface area contributed by atoms with E-state index in [2.05, 4.69) is 0 Å². The maximum Gasteiger partial charge on any atom is 2.00 e. The minimum absolute atomic E-state index is 0. The van der Waals surface area contributed by atoms with Gasteiger partial charge < -0.3 is 5.11 Å². The molecule has 3 rings (SSSR count). The second kappa shape index (κ2) is 9.96. The van der Waals surface area contributed by atoms with Crippen molar-refractivity contribution in [1.29, 1.82) is 0 Å². The predicted molar refractivity (Wildman–Crippen MR) is 87.8 cm³/mol. The van der Waals surface area contributed by atoms with E-state index in [1.54, 1.807) is 36.4 Å². The molecule has 0 fully saturated rings. The summed E-state index contributed by atoms with van der Waals surface area (Å²) in [5.41, 5.74) is 1.68. The van der Waals surface area contributed by atoms with E-state index in [9.17, 15) is 5.11 Å². The summed E-state index contributed by atoms with van der Waals surface area (Å²) in [4.78, 5) is 0. The SMILES string of the molecule is [Fe+2].[O-]C(/C=C/c1ccc(Cl)cc1)=C1C=CC=C1.c1cc[cH-]c1. The van der Waals surface area contributed by atoms with Gasteiger partial charge in [0.05, 0.1) is 0 Å². The Morgan fingerprint density at radius 2 is 1.59 bits per heavy atom. The Balaban J connectivity index is 0.000000344. The van der Waals surface area contributed by atoms with Crippen molar-refractivity contribution in [3.05, 3.63) is 107 Å². The van der Waals surface area contributed by atoms with Crippen LogP contribution in [0, 0.1) is 0 Å². The molecule has 0 bridgehead atoms. The zero-order valence-electron chi connectivity index (χ0n) is 11.8. The Hall–Kier alpha value is -1.86. The van der Waals surface area contributed by atoms with Gasteiger partial charge in [0.1, 0.15) is 0 Å². The predicted octanol–water partition coefficient (Wildman–Crippen LogP) is 4.50. The summed E-state index contributed by atoms with van der Waals surface area (Å²) in [5, 5.41) is 12.3. The molecule has 1 aliphatic rings. The summed E-state index contributed by atoms with van der Waals surface area (Å²) in [7, 11) is 0. The molecule has 0 saturated carbocycles. The van der Waals surface area contributed by atoms with E-state index in [1.807, 2.05) is 54.6 Å². The number of rotatable bonds is 2. The van der Waals surface area contributed by atoms with Crippen LogP contribution < -0.4 is 5.11 Å². The van der Waals surface area contributed by atoms with Crippen molar-refractivity contribution in [3.8, 4) is 0 Å². The van der Waals surface area contributed by atoms with E-state index in [4.69, 9.17) is 11.6 Å². The number of hydrogen-bond acceptors (Lipinski definition) is 1. The van der Waals surface area contributed by atoms with Crippen molar-refractivity contribution in [2.75, 3.05) is 0 Å². The Labute approximate surface area is 146 Å². The summed E-state index contributed by atoms with van der Waals surface area (Å²) in [6.07, 6.45) is 10.7. The molecule has 0 atom stereocenters. The molecule has 0 saturated heterocycles. The number of benzene rings is 1. The first-order valence-electron chi connectivity index (χ1n) is 6.62. The van der Waals surface area contributed by atoms with E-state index in [0.717, 1.165) is 5.56 Å². The fourth-order valence-corrected chi connectivity index (χ4v) is 1.83. The summed E-state index contributed by atoms with van der Waals surface area (Å²) >= 11 is 5.76. The van der Waals surface area contributed by atoms with Gasteiger partial charge in [-0.05, 0) is 23.3 Å². The van der Waals surface area contributed by atoms with Crippen molar-refractivity contribution >= 4 is 17.7 Å². The molecular formula is C19H15ClFeO. The minimum Gasteiger partial charge on any atom is -0.872 e. The maximum absolute atomic E-state index is 11.6. The van der Waals surface area contributed by atoms with E-state index in [-0.39, 0.29) is 22.8 Å². The number of hydrogen-bond donors (Lipinski definition) is 0. The second-order valence-corrected chi connectivity index (χ2v) is 4.82. The molecule has 0 amide bonds. The third-order valence-electron chi connectivity index (χ3n) is 2.80. The van der Waals surface area contributed by atoms with Crippen LogP contribution in [0.2, 0.25) is 5.02 Å². The molecule has 1 aliphatic carbocycles. The van der Waals surface area contributed by atoms with Gasteiger partial charge in [-0.25, -0.2) is 12.1 Å². The van der Waals surface area contributed by atoms with E-state index >= 15 is 0 Å². The van der Waals surface area contributed by atoms with Gasteiger partial charge in [-0.3, -0.25) is 0 Å². The Morgan fingerprint density at radius 3 is 2.09 bits per heavy atom. The third-order valence-corrected chi connectivity index (χ3v) is 3.05. The first kappa shape index (κ1) is 18.2. The van der Waals surface area contributed by atoms with Crippen LogP contribution in [0.25, 0.3) is 6.08 Å². The molecular weight excluding hydrogens is 336 g/mol. The Bertz CT molecular complexity index is 631. The summed E-state index contributed by atoms with van der Waals surface area (Å²) in [5.74, 6) is 0.0138. The van der Waals surface area contributed by atoms with Crippen molar-refractivity contribution in [2.45, 2.75) is 0 Å². The molecule has 2 aromatic rings. The van der Waals surface area contributed by atoms with Crippen molar-refractivity contribution in [1.82, 2.24) is 0 Å². The van der Waals surface area contributed by atoms with Crippen molar-refractivity contribution in [2.24, 2.45) is 0 Å². The fraction of sp³-hybridized carbons (Fsp3) is 0. The van der Waals surface area contributed by atoms with Gasteiger partial charge in [-0.1, -0.05) is 60.2 Å². The fourth-order valence-electron chi connectivity index (χ4n) is 1.70. The van der Waals surface area contributed by atoms with Gasteiger partial charge in [0, 0.05) is 5.02 Å². The molecule has 2 aromatic carbocycles. The summed E-state index contributed by atoms with van der Waals surface area (Å²) in [6, 6.07) is 17.3. The standard InChI is InChI=1S/C14H11ClO.C5H5.Fe/c15-13-8-5-11(6-9-13)7-10-14(16)12-3-1-2-4-12;1-2-4-5-3-1;/h1-10,16H;1-5H;/q;-1;+2/p-1/b10-7+;;. The molecule has 0 aliphatic heterocycles. The maximum atomic E-state index is 11.6. The molecule has 1 nitrogen and oxygen atoms in total. The smallest absolute Gasteiger partial charge is 0.872 e. The first-order valence-corrected chi connectivity index (χ1v) is 7.00. The molecule has 22 heavy (non-hydrogen) atoms. The van der Waals surface area contributed by atoms with Crippen LogP contribution in [0.1, 0.15) is 5.56 Å². The topological polar surface area (TPSA) is 23.1 Å². The van der Waals surface area contributed by atoms with E-state index in [1.165, 1.54) is 0 Å². The average molecular weight is 351 g/mol. The quantitative estimate of drug-likeness (QED) is 0.444. The summed E-state index contributed by atoms with van der Waals surface area (Å²) in [6.45, 7) is 0. The molecule has 0 N–H and O–H groups in total. The van der Waals surface area contributed by atoms with E-state index in [0.29, 0.717) is 10.6 Å². The Morgan fingerprint density at radius 1 is 1.00 bits per heavy atom. The van der Waals surface area contributed by atoms with Gasteiger partial charge in [-0.15, -0.1) is 5.76 Å². The molecule has 0 unspecified atom stereocenters. The molecule has 112 valence electrons. The second-order valence-electron chi connectivity index (χ2n) is 4.38. The third kappa shape index (κ3) is 6.28. The molecule has 0 aromatic heterocycles. The molecule has 0 heterocycles. The van der Waals surface area contributed by atoms with Crippen LogP contribution in [0.5, 0.6) is 0 Å². The average Bonchev–Trinajstić information content (AvgIpc) is 3.21. The van der Waals surface area contributed by atoms with Crippen LogP contribution in [-0.2, 0) is 17.1 Å². The van der Waals surface area contributed by atoms with Gasteiger partial charge in [0.15, 0.2) is 0 Å². The summed E-state index contributed by atoms with van der Waals surface area (Å²) < 4.78 is 0. The zero-order chi connectivity index (χ0) is 14.9. The van der Waals surface area contributed by atoms with Gasteiger partial charge in [0.25, 0.3) is 0 Å². The first-order chi connectivity index (χ1) is 10.3. The van der Waals surface area contributed by atoms with Crippen LogP contribution >= 0.6 is 11.6 Å². The number of allylic oxidation sites excluding steroid dienone is 6. The molecule has 3 heteroatoms. The van der Waals surface area contributed by atoms with Gasteiger partial charge in [0.2, 0.25) is 0 Å². The van der Waals surface area contributed by atoms with Gasteiger partial charge in [-0.2, -0.15) is 18.2 Å².